The summed E-state index contributed by atoms with van der Waals surface area (Å²) in [4.78, 5) is 15.9. The Morgan fingerprint density at radius 1 is 1.25 bits per heavy atom. The van der Waals surface area contributed by atoms with Crippen molar-refractivity contribution in [2.45, 2.75) is 29.9 Å². The fourth-order valence-electron chi connectivity index (χ4n) is 2.28. The van der Waals surface area contributed by atoms with Crippen LogP contribution in [0.4, 0.5) is 0 Å². The van der Waals surface area contributed by atoms with Crippen LogP contribution in [0.25, 0.3) is 0 Å². The van der Waals surface area contributed by atoms with Gasteiger partial charge in [-0.15, -0.1) is 0 Å². The maximum absolute atomic E-state index is 13.0. The number of benzene rings is 1. The lowest BCUT2D eigenvalue weighted by Crippen LogP contribution is -2.31. The lowest BCUT2D eigenvalue weighted by Gasteiger charge is -2.18. The second-order valence-electron chi connectivity index (χ2n) is 5.33. The number of amides is 1. The second-order valence-corrected chi connectivity index (χ2v) is 7.89. The molecule has 0 spiro atoms. The fraction of sp³-hybridized carbons (Fsp3) is 0.294. The molecular weight excluding hydrogens is 348 g/mol. The topological polar surface area (TPSA) is 76.1 Å². The van der Waals surface area contributed by atoms with Crippen LogP contribution in [0.15, 0.2) is 53.7 Å². The molecule has 0 bridgehead atoms. The lowest BCUT2D eigenvalue weighted by molar-refractivity contribution is -0.121. The van der Waals surface area contributed by atoms with E-state index in [0.717, 1.165) is 0 Å². The first-order valence-corrected chi connectivity index (χ1v) is 9.53. The van der Waals surface area contributed by atoms with E-state index in [9.17, 15) is 13.2 Å². The number of nitrogens with one attached hydrogen (secondary N) is 1. The van der Waals surface area contributed by atoms with Crippen LogP contribution in [0.5, 0.6) is 0 Å². The van der Waals surface area contributed by atoms with E-state index in [-0.39, 0.29) is 17.3 Å². The first-order chi connectivity index (χ1) is 11.4. The predicted octanol–water partition coefficient (Wildman–Crippen LogP) is 3.17. The average molecular weight is 367 g/mol. The SMILES string of the molecule is CCCC(=O)NCC(c1cccnc1)S(=O)(=O)c1ccc(Cl)cc1. The van der Waals surface area contributed by atoms with E-state index in [4.69, 9.17) is 11.6 Å². The highest BCUT2D eigenvalue weighted by atomic mass is 35.5. The van der Waals surface area contributed by atoms with Crippen molar-refractivity contribution in [3.8, 4) is 0 Å². The van der Waals surface area contributed by atoms with Gasteiger partial charge in [-0.1, -0.05) is 24.6 Å². The molecule has 1 atom stereocenters. The first-order valence-electron chi connectivity index (χ1n) is 7.61. The molecule has 2 rings (SSSR count). The van der Waals surface area contributed by atoms with Gasteiger partial charge in [0.1, 0.15) is 5.25 Å². The van der Waals surface area contributed by atoms with Crippen molar-refractivity contribution in [2.24, 2.45) is 0 Å². The first kappa shape index (κ1) is 18.4. The van der Waals surface area contributed by atoms with Crippen molar-refractivity contribution in [3.05, 3.63) is 59.4 Å². The molecule has 1 aromatic carbocycles. The van der Waals surface area contributed by atoms with Crippen molar-refractivity contribution < 1.29 is 13.2 Å². The van der Waals surface area contributed by atoms with Crippen LogP contribution < -0.4 is 5.32 Å². The zero-order chi connectivity index (χ0) is 17.6. The normalized spacial score (nSPS) is 12.6. The highest BCUT2D eigenvalue weighted by Crippen LogP contribution is 2.28. The Balaban J connectivity index is 2.34. The number of pyridine rings is 1. The van der Waals surface area contributed by atoms with Crippen LogP contribution in [0.2, 0.25) is 5.02 Å². The van der Waals surface area contributed by atoms with Crippen LogP contribution in [0.1, 0.15) is 30.6 Å². The molecule has 0 aliphatic heterocycles. The smallest absolute Gasteiger partial charge is 0.220 e. The van der Waals surface area contributed by atoms with Gasteiger partial charge in [-0.25, -0.2) is 8.42 Å². The van der Waals surface area contributed by atoms with Gasteiger partial charge in [0, 0.05) is 30.4 Å². The summed E-state index contributed by atoms with van der Waals surface area (Å²) in [5.74, 6) is -0.169. The Bertz CT molecular complexity index is 777. The molecule has 24 heavy (non-hydrogen) atoms. The van der Waals surface area contributed by atoms with E-state index in [1.807, 2.05) is 6.92 Å². The summed E-state index contributed by atoms with van der Waals surface area (Å²) in [6.45, 7) is 1.89. The predicted molar refractivity (Wildman–Crippen MR) is 93.5 cm³/mol. The number of carbonyl (C=O) groups is 1. The number of halogens is 1. The molecule has 128 valence electrons. The molecule has 2 aromatic rings. The van der Waals surface area contributed by atoms with Gasteiger partial charge in [0.15, 0.2) is 9.84 Å². The van der Waals surface area contributed by atoms with Crippen LogP contribution in [-0.4, -0.2) is 25.9 Å². The van der Waals surface area contributed by atoms with E-state index < -0.39 is 15.1 Å². The molecule has 0 fully saturated rings. The van der Waals surface area contributed by atoms with Gasteiger partial charge in [-0.2, -0.15) is 0 Å². The van der Waals surface area contributed by atoms with Gasteiger partial charge < -0.3 is 5.32 Å². The lowest BCUT2D eigenvalue weighted by atomic mass is 10.2. The highest BCUT2D eigenvalue weighted by molar-refractivity contribution is 7.91. The van der Waals surface area contributed by atoms with Gasteiger partial charge in [0.05, 0.1) is 4.90 Å². The summed E-state index contributed by atoms with van der Waals surface area (Å²) in [6.07, 6.45) is 4.14. The average Bonchev–Trinajstić information content (AvgIpc) is 2.56. The van der Waals surface area contributed by atoms with Crippen molar-refractivity contribution in [3.63, 3.8) is 0 Å². The minimum absolute atomic E-state index is 0.00448. The molecule has 0 aliphatic rings. The number of rotatable bonds is 7. The van der Waals surface area contributed by atoms with Gasteiger partial charge >= 0.3 is 0 Å². The third kappa shape index (κ3) is 4.55. The molecule has 0 radical (unpaired) electrons. The van der Waals surface area contributed by atoms with E-state index in [1.54, 1.807) is 18.3 Å². The van der Waals surface area contributed by atoms with Gasteiger partial charge in [-0.3, -0.25) is 9.78 Å². The quantitative estimate of drug-likeness (QED) is 0.816. The zero-order valence-corrected chi connectivity index (χ0v) is 14.8. The van der Waals surface area contributed by atoms with Crippen LogP contribution in [0, 0.1) is 0 Å². The third-order valence-electron chi connectivity index (χ3n) is 3.53. The Hall–Kier alpha value is -1.92. The second kappa shape index (κ2) is 8.26. The standard InChI is InChI=1S/C17H19ClN2O3S/c1-2-4-17(21)20-12-16(13-5-3-10-19-11-13)24(22,23)15-8-6-14(18)7-9-15/h3,5-11,16H,2,4,12H2,1H3,(H,20,21). The maximum Gasteiger partial charge on any atom is 0.220 e. The molecule has 0 saturated heterocycles. The number of carbonyl (C=O) groups excluding carboxylic acids is 1. The summed E-state index contributed by atoms with van der Waals surface area (Å²) >= 11 is 5.83. The van der Waals surface area contributed by atoms with E-state index in [1.165, 1.54) is 30.5 Å². The van der Waals surface area contributed by atoms with Crippen molar-refractivity contribution in [1.29, 1.82) is 0 Å². The molecule has 1 amide bonds. The Kier molecular flexibility index (Phi) is 6.34. The molecule has 5 nitrogen and oxygen atoms in total. The Morgan fingerprint density at radius 2 is 1.96 bits per heavy atom. The summed E-state index contributed by atoms with van der Waals surface area (Å²) in [5, 5.41) is 2.25. The number of hydrogen-bond acceptors (Lipinski definition) is 4. The minimum Gasteiger partial charge on any atom is -0.354 e. The Morgan fingerprint density at radius 3 is 2.54 bits per heavy atom. The van der Waals surface area contributed by atoms with Crippen LogP contribution in [0.3, 0.4) is 0 Å². The third-order valence-corrected chi connectivity index (χ3v) is 5.90. The minimum atomic E-state index is -3.69. The molecule has 1 N–H and O–H groups in total. The molecule has 0 aliphatic carbocycles. The zero-order valence-electron chi connectivity index (χ0n) is 13.3. The fourth-order valence-corrected chi connectivity index (χ4v) is 4.05. The Labute approximate surface area is 147 Å². The summed E-state index contributed by atoms with van der Waals surface area (Å²) < 4.78 is 26.0. The van der Waals surface area contributed by atoms with Gasteiger partial charge in [0.25, 0.3) is 0 Å². The largest absolute Gasteiger partial charge is 0.354 e. The summed E-state index contributed by atoms with van der Waals surface area (Å²) in [5.41, 5.74) is 0.532. The van der Waals surface area contributed by atoms with E-state index >= 15 is 0 Å². The van der Waals surface area contributed by atoms with E-state index in [2.05, 4.69) is 10.3 Å². The van der Waals surface area contributed by atoms with Gasteiger partial charge in [-0.05, 0) is 42.3 Å². The van der Waals surface area contributed by atoms with Crippen molar-refractivity contribution in [1.82, 2.24) is 10.3 Å². The molecule has 1 heterocycles. The maximum atomic E-state index is 13.0. The van der Waals surface area contributed by atoms with Crippen molar-refractivity contribution >= 4 is 27.3 Å². The number of sulfone groups is 1. The van der Waals surface area contributed by atoms with Crippen LogP contribution >= 0.6 is 11.6 Å². The van der Waals surface area contributed by atoms with Crippen LogP contribution in [-0.2, 0) is 14.6 Å². The molecule has 1 aromatic heterocycles. The van der Waals surface area contributed by atoms with Gasteiger partial charge in [0.2, 0.25) is 5.91 Å². The number of nitrogens with zero attached hydrogens (tertiary/aromatic N) is 1. The van der Waals surface area contributed by atoms with Crippen molar-refractivity contribution in [2.75, 3.05) is 6.54 Å². The molecule has 0 saturated carbocycles. The summed E-state index contributed by atoms with van der Waals surface area (Å²) in [7, 11) is -3.69. The molecule has 1 unspecified atom stereocenters. The monoisotopic (exact) mass is 366 g/mol. The number of aromatic nitrogens is 1. The number of hydrogen-bond donors (Lipinski definition) is 1. The summed E-state index contributed by atoms with van der Waals surface area (Å²) in [6, 6.07) is 9.36. The highest BCUT2D eigenvalue weighted by Gasteiger charge is 2.29. The molecule has 7 heteroatoms. The molecular formula is C17H19ClN2O3S. The van der Waals surface area contributed by atoms with E-state index in [0.29, 0.717) is 23.4 Å².